The van der Waals surface area contributed by atoms with Gasteiger partial charge in [0, 0.05) is 31.7 Å². The molecule has 1 saturated heterocycles. The molecule has 1 aliphatic heterocycles. The van der Waals surface area contributed by atoms with Crippen molar-refractivity contribution in [2.45, 2.75) is 6.61 Å². The van der Waals surface area contributed by atoms with Crippen LogP contribution in [0.25, 0.3) is 0 Å². The van der Waals surface area contributed by atoms with Gasteiger partial charge in [-0.25, -0.2) is 0 Å². The van der Waals surface area contributed by atoms with E-state index in [0.717, 1.165) is 5.56 Å². The summed E-state index contributed by atoms with van der Waals surface area (Å²) in [4.78, 5) is 27.8. The van der Waals surface area contributed by atoms with E-state index in [2.05, 4.69) is 5.32 Å². The van der Waals surface area contributed by atoms with Crippen LogP contribution in [0.5, 0.6) is 11.5 Å². The van der Waals surface area contributed by atoms with Gasteiger partial charge in [0.1, 0.15) is 23.8 Å². The van der Waals surface area contributed by atoms with Crippen molar-refractivity contribution in [3.8, 4) is 11.5 Å². The number of anilines is 1. The molecule has 3 aromatic rings. The van der Waals surface area contributed by atoms with Gasteiger partial charge in [0.2, 0.25) is 0 Å². The number of nitro groups is 1. The lowest BCUT2D eigenvalue weighted by atomic mass is 10.2. The Labute approximate surface area is 214 Å². The maximum atomic E-state index is 12.8. The quantitative estimate of drug-likeness (QED) is 0.292. The first-order valence-corrected chi connectivity index (χ1v) is 11.8. The van der Waals surface area contributed by atoms with E-state index < -0.39 is 4.92 Å². The van der Waals surface area contributed by atoms with Crippen LogP contribution in [-0.4, -0.2) is 54.1 Å². The number of piperazine rings is 1. The van der Waals surface area contributed by atoms with Crippen LogP contribution >= 0.6 is 12.2 Å². The molecule has 0 saturated carbocycles. The monoisotopic (exact) mass is 506 g/mol. The highest BCUT2D eigenvalue weighted by atomic mass is 32.1. The Morgan fingerprint density at radius 1 is 1.00 bits per heavy atom. The van der Waals surface area contributed by atoms with Gasteiger partial charge in [-0.3, -0.25) is 20.2 Å². The first-order valence-electron chi connectivity index (χ1n) is 11.4. The topological polar surface area (TPSA) is 97.2 Å². The lowest BCUT2D eigenvalue weighted by Crippen LogP contribution is -2.52. The predicted molar refractivity (Wildman–Crippen MR) is 141 cm³/mol. The number of thiocarbonyl (C=S) groups is 1. The highest BCUT2D eigenvalue weighted by Gasteiger charge is 2.26. The smallest absolute Gasteiger partial charge is 0.296 e. The van der Waals surface area contributed by atoms with E-state index in [1.54, 1.807) is 36.4 Å². The second kappa shape index (κ2) is 11.5. The minimum atomic E-state index is -0.410. The highest BCUT2D eigenvalue weighted by molar-refractivity contribution is 7.80. The molecule has 1 heterocycles. The van der Waals surface area contributed by atoms with E-state index in [4.69, 9.17) is 21.7 Å². The molecule has 9 nitrogen and oxygen atoms in total. The molecule has 0 spiro atoms. The number of carbonyl (C=O) groups is 1. The number of amides is 1. The number of nitro benzene ring substituents is 1. The SMILES string of the molecule is COc1ccc(N2CCN(C(=S)NC(=O)c3cccc(OCc4ccccc4)c3)CC2)c([N+](=O)[O-])c1. The van der Waals surface area contributed by atoms with Gasteiger partial charge in [-0.05, 0) is 48.1 Å². The minimum absolute atomic E-state index is 0.00644. The second-order valence-electron chi connectivity index (χ2n) is 8.15. The molecule has 4 rings (SSSR count). The average Bonchev–Trinajstić information content (AvgIpc) is 2.92. The van der Waals surface area contributed by atoms with Crippen LogP contribution in [0.2, 0.25) is 0 Å². The van der Waals surface area contributed by atoms with Gasteiger partial charge in [-0.1, -0.05) is 36.4 Å². The number of nitrogens with one attached hydrogen (secondary N) is 1. The van der Waals surface area contributed by atoms with Crippen molar-refractivity contribution in [1.29, 1.82) is 0 Å². The zero-order valence-corrected chi connectivity index (χ0v) is 20.6. The Bertz CT molecular complexity index is 1250. The molecule has 3 aromatic carbocycles. The third-order valence-electron chi connectivity index (χ3n) is 5.85. The number of benzene rings is 3. The van der Waals surface area contributed by atoms with Crippen molar-refractivity contribution in [3.63, 3.8) is 0 Å². The molecular weight excluding hydrogens is 480 g/mol. The van der Waals surface area contributed by atoms with Crippen molar-refractivity contribution < 1.29 is 19.2 Å². The molecule has 0 radical (unpaired) electrons. The van der Waals surface area contributed by atoms with Crippen LogP contribution in [0.1, 0.15) is 15.9 Å². The molecule has 0 bridgehead atoms. The summed E-state index contributed by atoms with van der Waals surface area (Å²) < 4.78 is 10.9. The van der Waals surface area contributed by atoms with Crippen molar-refractivity contribution >= 4 is 34.6 Å². The van der Waals surface area contributed by atoms with E-state index in [1.165, 1.54) is 13.2 Å². The molecule has 0 aromatic heterocycles. The second-order valence-corrected chi connectivity index (χ2v) is 8.53. The Morgan fingerprint density at radius 3 is 2.44 bits per heavy atom. The zero-order chi connectivity index (χ0) is 25.5. The summed E-state index contributed by atoms with van der Waals surface area (Å²) >= 11 is 5.47. The highest BCUT2D eigenvalue weighted by Crippen LogP contribution is 2.32. The van der Waals surface area contributed by atoms with Gasteiger partial charge in [0.05, 0.1) is 18.1 Å². The van der Waals surface area contributed by atoms with Gasteiger partial charge in [-0.2, -0.15) is 0 Å². The summed E-state index contributed by atoms with van der Waals surface area (Å²) in [6, 6.07) is 21.6. The molecule has 36 heavy (non-hydrogen) atoms. The normalized spacial score (nSPS) is 13.1. The van der Waals surface area contributed by atoms with Gasteiger partial charge in [0.15, 0.2) is 5.11 Å². The molecule has 186 valence electrons. The van der Waals surface area contributed by atoms with Crippen molar-refractivity contribution in [2.75, 3.05) is 38.2 Å². The largest absolute Gasteiger partial charge is 0.496 e. The van der Waals surface area contributed by atoms with E-state index in [1.807, 2.05) is 40.1 Å². The summed E-state index contributed by atoms with van der Waals surface area (Å²) in [6.45, 7) is 2.48. The number of ether oxygens (including phenoxy) is 2. The summed E-state index contributed by atoms with van der Waals surface area (Å²) in [6.07, 6.45) is 0. The van der Waals surface area contributed by atoms with Crippen LogP contribution in [0.15, 0.2) is 72.8 Å². The van der Waals surface area contributed by atoms with Gasteiger partial charge < -0.3 is 19.3 Å². The van der Waals surface area contributed by atoms with Crippen LogP contribution < -0.4 is 19.7 Å². The third kappa shape index (κ3) is 6.08. The first kappa shape index (κ1) is 24.9. The fraction of sp³-hybridized carbons (Fsp3) is 0.231. The predicted octanol–water partition coefficient (Wildman–Crippen LogP) is 4.02. The molecule has 0 aliphatic carbocycles. The standard InChI is InChI=1S/C26H26N4O5S/c1-34-21-10-11-23(24(17-21)30(32)33)28-12-14-29(15-13-28)26(36)27-25(31)20-8-5-9-22(16-20)35-18-19-6-3-2-4-7-19/h2-11,16-17H,12-15,18H2,1H3,(H,27,31,36). The summed E-state index contributed by atoms with van der Waals surface area (Å²) in [5, 5.41) is 14.6. The Kier molecular flexibility index (Phi) is 7.96. The zero-order valence-electron chi connectivity index (χ0n) is 19.8. The Morgan fingerprint density at radius 2 is 1.75 bits per heavy atom. The lowest BCUT2D eigenvalue weighted by molar-refractivity contribution is -0.384. The maximum Gasteiger partial charge on any atom is 0.296 e. The average molecular weight is 507 g/mol. The van der Waals surface area contributed by atoms with Crippen molar-refractivity contribution in [3.05, 3.63) is 94.0 Å². The van der Waals surface area contributed by atoms with E-state index >= 15 is 0 Å². The van der Waals surface area contributed by atoms with Crippen LogP contribution in [0.3, 0.4) is 0 Å². The third-order valence-corrected chi connectivity index (χ3v) is 6.21. The van der Waals surface area contributed by atoms with Crippen LogP contribution in [0, 0.1) is 10.1 Å². The number of nitrogens with zero attached hydrogens (tertiary/aromatic N) is 3. The van der Waals surface area contributed by atoms with E-state index in [0.29, 0.717) is 60.6 Å². The first-order chi connectivity index (χ1) is 17.4. The van der Waals surface area contributed by atoms with E-state index in [-0.39, 0.29) is 11.6 Å². The fourth-order valence-electron chi connectivity index (χ4n) is 3.91. The summed E-state index contributed by atoms with van der Waals surface area (Å²) in [5.74, 6) is 0.702. The molecule has 1 amide bonds. The maximum absolute atomic E-state index is 12.8. The molecule has 1 N–H and O–H groups in total. The Hall–Kier alpha value is -4.18. The van der Waals surface area contributed by atoms with Gasteiger partial charge in [0.25, 0.3) is 11.6 Å². The van der Waals surface area contributed by atoms with Crippen molar-refractivity contribution in [1.82, 2.24) is 10.2 Å². The molecule has 0 atom stereocenters. The fourth-order valence-corrected chi connectivity index (χ4v) is 4.19. The summed E-state index contributed by atoms with van der Waals surface area (Å²) in [5.41, 5.74) is 2.00. The molecule has 1 aliphatic rings. The number of methoxy groups -OCH3 is 1. The molecule has 0 unspecified atom stereocenters. The lowest BCUT2D eigenvalue weighted by Gasteiger charge is -2.37. The summed E-state index contributed by atoms with van der Waals surface area (Å²) in [7, 11) is 1.47. The molecule has 10 heteroatoms. The molecular formula is C26H26N4O5S. The number of rotatable bonds is 7. The van der Waals surface area contributed by atoms with Gasteiger partial charge >= 0.3 is 0 Å². The van der Waals surface area contributed by atoms with Gasteiger partial charge in [-0.15, -0.1) is 0 Å². The van der Waals surface area contributed by atoms with E-state index in [9.17, 15) is 14.9 Å². The van der Waals surface area contributed by atoms with Crippen LogP contribution in [0.4, 0.5) is 11.4 Å². The Balaban J connectivity index is 1.32. The van der Waals surface area contributed by atoms with Crippen LogP contribution in [-0.2, 0) is 6.61 Å². The number of hydrogen-bond donors (Lipinski definition) is 1. The van der Waals surface area contributed by atoms with Crippen molar-refractivity contribution in [2.24, 2.45) is 0 Å². The number of carbonyl (C=O) groups excluding carboxylic acids is 1. The number of hydrogen-bond acceptors (Lipinski definition) is 7. The minimum Gasteiger partial charge on any atom is -0.496 e. The molecule has 1 fully saturated rings.